The Balaban J connectivity index is 1.42. The van der Waals surface area contributed by atoms with E-state index in [0.717, 1.165) is 43.4 Å². The zero-order valence-corrected chi connectivity index (χ0v) is 27.5. The Bertz CT molecular complexity index is 2210. The van der Waals surface area contributed by atoms with E-state index in [4.69, 9.17) is 4.74 Å². The van der Waals surface area contributed by atoms with E-state index in [0.29, 0.717) is 36.0 Å². The molecule has 5 aromatic rings. The van der Waals surface area contributed by atoms with Gasteiger partial charge in [-0.05, 0) is 65.6 Å². The van der Waals surface area contributed by atoms with E-state index in [1.54, 1.807) is 4.57 Å². The van der Waals surface area contributed by atoms with Crippen molar-refractivity contribution in [3.63, 3.8) is 0 Å². The van der Waals surface area contributed by atoms with Crippen LogP contribution in [0.5, 0.6) is 5.75 Å². The SMILES string of the molecule is CCC(=Cc1sc2ccc3ccccc3c2[n+]1CS(=O)(=O)O)C=C1Oc2ccc(-c3ccccc3)cc2N1CCCCS(=O)(=O)O. The summed E-state index contributed by atoms with van der Waals surface area (Å²) in [7, 11) is -8.43. The molecule has 1 aromatic heterocycles. The van der Waals surface area contributed by atoms with Crippen LogP contribution in [0.2, 0.25) is 0 Å². The van der Waals surface area contributed by atoms with Crippen LogP contribution in [0, 0.1) is 0 Å². The minimum absolute atomic E-state index is 0.276. The molecular weight excluding hydrogens is 645 g/mol. The third-order valence-corrected chi connectivity index (χ3v) is 10.3. The van der Waals surface area contributed by atoms with Crippen molar-refractivity contribution in [1.29, 1.82) is 0 Å². The molecule has 0 aliphatic carbocycles. The standard InChI is InChI=1S/C34H32N2O7S3/c1-2-24(21-33-36(23-46(40,41)42)34-28-13-7-6-12-26(28)15-17-31(34)44-33)20-32-35(18-8-9-19-45(37,38)39)29-22-27(14-16-30(29)43-32)25-10-4-3-5-11-25/h3-7,10-17,20-22H,2,8-9,18-19,23H2,1H3,(H-,37,38,39,40,41,42)/p+1. The van der Waals surface area contributed by atoms with Crippen molar-refractivity contribution in [2.75, 3.05) is 17.2 Å². The quantitative estimate of drug-likeness (QED) is 0.0866. The summed E-state index contributed by atoms with van der Waals surface area (Å²) in [4.78, 5) is 2.00. The van der Waals surface area contributed by atoms with Crippen LogP contribution in [0.4, 0.5) is 5.69 Å². The molecule has 2 heterocycles. The number of ether oxygens (including phenoxy) is 1. The number of thiazole rings is 1. The molecule has 0 saturated heterocycles. The van der Waals surface area contributed by atoms with Crippen LogP contribution < -0.4 is 14.2 Å². The molecule has 0 unspecified atom stereocenters. The average Bonchev–Trinajstić information content (AvgIpc) is 3.54. The van der Waals surface area contributed by atoms with Crippen molar-refractivity contribution in [3.8, 4) is 16.9 Å². The first-order valence-corrected chi connectivity index (χ1v) is 18.8. The lowest BCUT2D eigenvalue weighted by Crippen LogP contribution is -2.39. The van der Waals surface area contributed by atoms with Crippen LogP contribution in [0.25, 0.3) is 38.2 Å². The first kappa shape index (κ1) is 31.9. The van der Waals surface area contributed by atoms with Crippen LogP contribution >= 0.6 is 11.3 Å². The molecule has 9 nitrogen and oxygen atoms in total. The molecule has 0 radical (unpaired) electrons. The Morgan fingerprint density at radius 2 is 1.65 bits per heavy atom. The highest BCUT2D eigenvalue weighted by Gasteiger charge is 2.29. The third kappa shape index (κ3) is 7.16. The number of benzene rings is 4. The summed E-state index contributed by atoms with van der Waals surface area (Å²) in [5.74, 6) is 0.287. The number of nitrogens with zero attached hydrogens (tertiary/aromatic N) is 2. The second kappa shape index (κ2) is 13.0. The predicted octanol–water partition coefficient (Wildman–Crippen LogP) is 7.06. The fourth-order valence-corrected chi connectivity index (χ4v) is 8.04. The first-order chi connectivity index (χ1) is 22.0. The Hall–Kier alpha value is -4.07. The molecule has 0 spiro atoms. The molecule has 0 fully saturated rings. The van der Waals surface area contributed by atoms with Crippen LogP contribution in [-0.2, 0) is 26.1 Å². The summed E-state index contributed by atoms with van der Waals surface area (Å²) in [5.41, 5.74) is 4.47. The minimum atomic E-state index is -4.36. The molecule has 0 atom stereocenters. The van der Waals surface area contributed by atoms with Gasteiger partial charge >= 0.3 is 10.1 Å². The fourth-order valence-electron chi connectivity index (χ4n) is 5.64. The van der Waals surface area contributed by atoms with Crippen LogP contribution in [0.3, 0.4) is 0 Å². The van der Waals surface area contributed by atoms with Crippen molar-refractivity contribution >= 4 is 64.3 Å². The number of unbranched alkanes of at least 4 members (excludes halogenated alkanes) is 1. The molecular formula is C34H33N2O7S3+. The van der Waals surface area contributed by atoms with E-state index < -0.39 is 26.1 Å². The van der Waals surface area contributed by atoms with Gasteiger partial charge in [0.2, 0.25) is 11.4 Å². The normalized spacial score (nSPS) is 14.7. The van der Waals surface area contributed by atoms with Gasteiger partial charge < -0.3 is 9.64 Å². The van der Waals surface area contributed by atoms with Crippen molar-refractivity contribution < 1.29 is 35.2 Å². The number of anilines is 1. The molecule has 0 bridgehead atoms. The van der Waals surface area contributed by atoms with E-state index >= 15 is 0 Å². The van der Waals surface area contributed by atoms with Gasteiger partial charge in [0.25, 0.3) is 21.0 Å². The van der Waals surface area contributed by atoms with Gasteiger partial charge in [0.1, 0.15) is 4.70 Å². The molecule has 12 heteroatoms. The maximum atomic E-state index is 12.2. The summed E-state index contributed by atoms with van der Waals surface area (Å²) < 4.78 is 75.0. The van der Waals surface area contributed by atoms with E-state index in [1.807, 2.05) is 109 Å². The second-order valence-electron chi connectivity index (χ2n) is 11.1. The lowest BCUT2D eigenvalue weighted by Gasteiger charge is -2.19. The Morgan fingerprint density at radius 3 is 2.39 bits per heavy atom. The summed E-state index contributed by atoms with van der Waals surface area (Å²) in [6.45, 7) is 2.44. The average molecular weight is 678 g/mol. The Morgan fingerprint density at radius 1 is 0.891 bits per heavy atom. The molecule has 0 saturated carbocycles. The Kier molecular flexibility index (Phi) is 8.99. The predicted molar refractivity (Wildman–Crippen MR) is 183 cm³/mol. The van der Waals surface area contributed by atoms with Gasteiger partial charge in [0, 0.05) is 18.7 Å². The van der Waals surface area contributed by atoms with Crippen molar-refractivity contribution in [1.82, 2.24) is 0 Å². The second-order valence-corrected chi connectivity index (χ2v) is 15.1. The smallest absolute Gasteiger partial charge is 0.326 e. The molecule has 46 heavy (non-hydrogen) atoms. The summed E-state index contributed by atoms with van der Waals surface area (Å²) in [6, 6.07) is 27.6. The van der Waals surface area contributed by atoms with E-state index in [2.05, 4.69) is 0 Å². The molecule has 0 amide bonds. The van der Waals surface area contributed by atoms with Gasteiger partial charge in [0.15, 0.2) is 5.75 Å². The number of allylic oxidation sites excluding steroid dienone is 2. The lowest BCUT2D eigenvalue weighted by atomic mass is 10.0. The fraction of sp³-hybridized carbons (Fsp3) is 0.206. The van der Waals surface area contributed by atoms with Crippen molar-refractivity contribution in [2.24, 2.45) is 0 Å². The molecule has 6 rings (SSSR count). The van der Waals surface area contributed by atoms with Crippen molar-refractivity contribution in [2.45, 2.75) is 32.1 Å². The van der Waals surface area contributed by atoms with Gasteiger partial charge in [-0.25, -0.2) is 0 Å². The summed E-state index contributed by atoms with van der Waals surface area (Å²) >= 11 is 1.43. The number of hydrogen-bond donors (Lipinski definition) is 2. The van der Waals surface area contributed by atoms with E-state index in [-0.39, 0.29) is 12.2 Å². The van der Waals surface area contributed by atoms with Gasteiger partial charge in [-0.1, -0.05) is 78.9 Å². The summed E-state index contributed by atoms with van der Waals surface area (Å²) in [6.07, 6.45) is 5.17. The van der Waals surface area contributed by atoms with Crippen LogP contribution in [0.1, 0.15) is 31.2 Å². The molecule has 238 valence electrons. The molecule has 4 aromatic carbocycles. The van der Waals surface area contributed by atoms with E-state index in [1.165, 1.54) is 11.3 Å². The third-order valence-electron chi connectivity index (χ3n) is 7.80. The highest BCUT2D eigenvalue weighted by atomic mass is 32.2. The maximum absolute atomic E-state index is 12.2. The minimum Gasteiger partial charge on any atom is -0.439 e. The molecule has 1 aliphatic rings. The highest BCUT2D eigenvalue weighted by Crippen LogP contribution is 2.42. The van der Waals surface area contributed by atoms with Crippen LogP contribution in [-0.4, -0.2) is 38.2 Å². The molecule has 1 aliphatic heterocycles. The summed E-state index contributed by atoms with van der Waals surface area (Å²) in [5, 5.41) is 2.50. The monoisotopic (exact) mass is 677 g/mol. The van der Waals surface area contributed by atoms with Crippen molar-refractivity contribution in [3.05, 3.63) is 107 Å². The highest BCUT2D eigenvalue weighted by molar-refractivity contribution is 7.85. The number of hydrogen-bond acceptors (Lipinski definition) is 7. The zero-order chi connectivity index (χ0) is 32.5. The Labute approximate surface area is 272 Å². The topological polar surface area (TPSA) is 125 Å². The number of rotatable bonds is 11. The first-order valence-electron chi connectivity index (χ1n) is 14.8. The largest absolute Gasteiger partial charge is 0.439 e. The van der Waals surface area contributed by atoms with E-state index in [9.17, 15) is 25.9 Å². The maximum Gasteiger partial charge on any atom is 0.326 e. The van der Waals surface area contributed by atoms with Crippen LogP contribution in [0.15, 0.2) is 102 Å². The van der Waals surface area contributed by atoms with Gasteiger partial charge in [-0.15, -0.1) is 0 Å². The number of aromatic nitrogens is 1. The zero-order valence-electron chi connectivity index (χ0n) is 25.0. The number of fused-ring (bicyclic) bond motifs is 4. The van der Waals surface area contributed by atoms with Gasteiger partial charge in [-0.2, -0.15) is 21.4 Å². The lowest BCUT2D eigenvalue weighted by molar-refractivity contribution is -0.648. The van der Waals surface area contributed by atoms with Gasteiger partial charge in [-0.3, -0.25) is 9.11 Å². The molecule has 2 N–H and O–H groups in total. The van der Waals surface area contributed by atoms with Gasteiger partial charge in [0.05, 0.1) is 16.8 Å².